The fourth-order valence-electron chi connectivity index (χ4n) is 8.32. The van der Waals surface area contributed by atoms with Crippen LogP contribution in [-0.4, -0.2) is 19.5 Å². The minimum atomic E-state index is -0.704. The van der Waals surface area contributed by atoms with Gasteiger partial charge in [-0.2, -0.15) is 0 Å². The third-order valence-electron chi connectivity index (χ3n) is 11.1. The summed E-state index contributed by atoms with van der Waals surface area (Å²) in [6.45, 7) is 0. The van der Waals surface area contributed by atoms with Crippen LogP contribution in [0.15, 0.2) is 215 Å². The van der Waals surface area contributed by atoms with E-state index >= 15 is 0 Å². The molecule has 13 rings (SSSR count). The Bertz CT molecular complexity index is 4780. The summed E-state index contributed by atoms with van der Waals surface area (Å²) >= 11 is 0. The molecule has 0 radical (unpaired) electrons. The number of para-hydroxylation sites is 2. The van der Waals surface area contributed by atoms with Gasteiger partial charge in [-0.05, 0) is 76.7 Å². The zero-order chi connectivity index (χ0) is 54.5. The molecule has 0 atom stereocenters. The predicted octanol–water partition coefficient (Wildman–Crippen LogP) is 15.1. The number of fused-ring (bicyclic) bond motifs is 9. The van der Waals surface area contributed by atoms with E-state index in [1.165, 1.54) is 16.7 Å². The lowest BCUT2D eigenvalue weighted by Crippen LogP contribution is -2.00. The van der Waals surface area contributed by atoms with E-state index < -0.39 is 95.7 Å². The number of hydrogen-bond donors (Lipinski definition) is 0. The largest absolute Gasteiger partial charge is 0.456 e. The molecule has 0 unspecified atom stereocenters. The van der Waals surface area contributed by atoms with Crippen molar-refractivity contribution in [1.82, 2.24) is 19.5 Å². The van der Waals surface area contributed by atoms with Crippen molar-refractivity contribution in [3.8, 4) is 62.1 Å². The second-order valence-corrected chi connectivity index (χ2v) is 14.8. The number of aromatic nitrogens is 4. The maximum atomic E-state index is 9.70. The van der Waals surface area contributed by atoms with Gasteiger partial charge in [-0.25, -0.2) is 15.0 Å². The fourth-order valence-corrected chi connectivity index (χ4v) is 8.32. The van der Waals surface area contributed by atoms with E-state index in [0.717, 1.165) is 28.0 Å². The summed E-state index contributed by atoms with van der Waals surface area (Å²) in [6, 6.07) is 25.6. The summed E-state index contributed by atoms with van der Waals surface area (Å²) in [5.74, 6) is 0.331. The van der Waals surface area contributed by atoms with Crippen LogP contribution < -0.4 is 0 Å². The molecule has 0 saturated carbocycles. The Morgan fingerprint density at radius 2 is 1.08 bits per heavy atom. The Hall–Kier alpha value is -8.61. The summed E-state index contributed by atoms with van der Waals surface area (Å²) in [5.41, 5.74) is 2.25. The molecule has 0 aliphatic rings. The average molecular weight is 822 g/mol. The predicted molar refractivity (Wildman–Crippen MR) is 256 cm³/mol. The van der Waals surface area contributed by atoms with Crippen molar-refractivity contribution in [3.63, 3.8) is 0 Å². The molecule has 0 aliphatic heterocycles. The molecular weight excluding hydrogens is 773 g/mol. The van der Waals surface area contributed by atoms with E-state index in [4.69, 9.17) is 36.1 Å². The van der Waals surface area contributed by atoms with Gasteiger partial charge in [0.1, 0.15) is 22.3 Å². The van der Waals surface area contributed by atoms with Gasteiger partial charge in [0.2, 0.25) is 0 Å². The van der Waals surface area contributed by atoms with Crippen LogP contribution in [0, 0.1) is 0 Å². The molecule has 0 aliphatic carbocycles. The fraction of sp³-hybridized carbons (Fsp3) is 0. The maximum absolute atomic E-state index is 9.70. The summed E-state index contributed by atoms with van der Waals surface area (Å²) in [7, 11) is 0. The van der Waals surface area contributed by atoms with Crippen molar-refractivity contribution in [2.24, 2.45) is 0 Å². The van der Waals surface area contributed by atoms with Crippen LogP contribution in [0.1, 0.15) is 20.6 Å². The lowest BCUT2D eigenvalue weighted by Gasteiger charge is -2.11. The number of benzene rings is 9. The van der Waals surface area contributed by atoms with Gasteiger partial charge < -0.3 is 13.4 Å². The van der Waals surface area contributed by atoms with Gasteiger partial charge in [-0.3, -0.25) is 0 Å². The lowest BCUT2D eigenvalue weighted by atomic mass is 9.97. The number of hydrogen-bond acceptors (Lipinski definition) is 5. The van der Waals surface area contributed by atoms with Gasteiger partial charge in [-0.15, -0.1) is 0 Å². The molecule has 0 bridgehead atoms. The quantitative estimate of drug-likeness (QED) is 0.167. The molecule has 0 fully saturated rings. The van der Waals surface area contributed by atoms with Crippen LogP contribution in [0.5, 0.6) is 0 Å². The Morgan fingerprint density at radius 1 is 0.381 bits per heavy atom. The second kappa shape index (κ2) is 14.0. The van der Waals surface area contributed by atoms with Crippen LogP contribution in [-0.2, 0) is 0 Å². The smallest absolute Gasteiger partial charge is 0.164 e. The molecule has 6 heteroatoms. The molecule has 4 heterocycles. The molecule has 0 saturated heterocycles. The van der Waals surface area contributed by atoms with Crippen LogP contribution >= 0.6 is 0 Å². The highest BCUT2D eigenvalue weighted by Crippen LogP contribution is 2.42. The van der Waals surface area contributed by atoms with E-state index in [9.17, 15) is 8.22 Å². The second-order valence-electron chi connectivity index (χ2n) is 14.8. The maximum Gasteiger partial charge on any atom is 0.164 e. The number of nitrogens with zero attached hydrogens (tertiary/aromatic N) is 4. The van der Waals surface area contributed by atoms with E-state index in [1.807, 2.05) is 97.1 Å². The highest BCUT2D eigenvalue weighted by molar-refractivity contribution is 6.15. The Morgan fingerprint density at radius 3 is 1.94 bits per heavy atom. The highest BCUT2D eigenvalue weighted by Gasteiger charge is 2.22. The molecule has 4 aromatic heterocycles. The Labute approximate surface area is 382 Å². The van der Waals surface area contributed by atoms with Gasteiger partial charge in [0.25, 0.3) is 0 Å². The van der Waals surface area contributed by atoms with Crippen molar-refractivity contribution in [3.05, 3.63) is 206 Å². The van der Waals surface area contributed by atoms with Crippen LogP contribution in [0.3, 0.4) is 0 Å². The first-order chi connectivity index (χ1) is 37.4. The summed E-state index contributed by atoms with van der Waals surface area (Å²) < 4.78 is 150. The van der Waals surface area contributed by atoms with E-state index in [0.29, 0.717) is 22.3 Å². The third-order valence-corrected chi connectivity index (χ3v) is 11.1. The molecule has 0 N–H and O–H groups in total. The van der Waals surface area contributed by atoms with Gasteiger partial charge in [0.15, 0.2) is 17.5 Å². The summed E-state index contributed by atoms with van der Waals surface area (Å²) in [5, 5.41) is 1.51. The highest BCUT2D eigenvalue weighted by atomic mass is 16.3. The minimum absolute atomic E-state index is 0.0226. The number of rotatable bonds is 6. The standard InChI is InChI=1S/C57H34N4O2/c1-4-15-35(16-5-1)38-27-30-48-46(31-38)41-21-10-12-24-47(41)61(48)40-28-29-43-51(34-40)63-50-26-14-23-44(53(43)50)57-59-55(37-19-8-3-9-20-37)58-56(60-57)39-32-45(36-17-6-2-7-18-36)54-42-22-11-13-25-49(42)62-52(54)33-39/h1-34H/i4D,5D,10D,12D,14D,15D,16D,21D,23D,24D,26D,27D,28D,30D,31D. The van der Waals surface area contributed by atoms with Crippen LogP contribution in [0.2, 0.25) is 0 Å². The minimum Gasteiger partial charge on any atom is -0.456 e. The Balaban J connectivity index is 1.09. The van der Waals surface area contributed by atoms with Crippen molar-refractivity contribution >= 4 is 65.7 Å². The van der Waals surface area contributed by atoms with E-state index in [-0.39, 0.29) is 78.5 Å². The molecule has 9 aromatic carbocycles. The first kappa shape index (κ1) is 23.4. The van der Waals surface area contributed by atoms with Crippen molar-refractivity contribution < 1.29 is 29.4 Å². The summed E-state index contributed by atoms with van der Waals surface area (Å²) in [6.07, 6.45) is 0. The Kier molecular flexibility index (Phi) is 5.19. The third kappa shape index (κ3) is 5.69. The molecule has 63 heavy (non-hydrogen) atoms. The number of furan rings is 2. The lowest BCUT2D eigenvalue weighted by molar-refractivity contribution is 0.668. The monoisotopic (exact) mass is 821 g/mol. The average Bonchev–Trinajstić information content (AvgIpc) is 4.15. The van der Waals surface area contributed by atoms with Gasteiger partial charge in [-0.1, -0.05) is 145 Å². The van der Waals surface area contributed by atoms with Gasteiger partial charge in [0, 0.05) is 60.8 Å². The van der Waals surface area contributed by atoms with Crippen molar-refractivity contribution in [1.29, 1.82) is 0 Å². The molecule has 294 valence electrons. The van der Waals surface area contributed by atoms with Crippen molar-refractivity contribution in [2.45, 2.75) is 0 Å². The molecule has 6 nitrogen and oxygen atoms in total. The van der Waals surface area contributed by atoms with E-state index in [1.54, 1.807) is 0 Å². The normalized spacial score (nSPS) is 15.1. The summed E-state index contributed by atoms with van der Waals surface area (Å²) in [4.78, 5) is 14.9. The topological polar surface area (TPSA) is 69.9 Å². The first-order valence-corrected chi connectivity index (χ1v) is 19.9. The SMILES string of the molecule is [2H]c1cc2c(cc1-n1c3c([2H])c([2H])c([2H])c([2H])c3c3c([2H])c(-c4c([2H])c([2H])cc([2H])c4[2H])c([2H])c([2H])c31)oc1c([2H])c([2H])c([2H])c(-c3nc(-c4ccccc4)nc(-c4cc(-c5ccccc5)c5c(c4)oc4ccccc45)n3)c12. The van der Waals surface area contributed by atoms with Gasteiger partial charge >= 0.3 is 0 Å². The van der Waals surface area contributed by atoms with Crippen LogP contribution in [0.25, 0.3) is 128 Å². The first-order valence-electron chi connectivity index (χ1n) is 27.4. The van der Waals surface area contributed by atoms with Crippen LogP contribution in [0.4, 0.5) is 0 Å². The van der Waals surface area contributed by atoms with Gasteiger partial charge in [0.05, 0.1) is 31.6 Å². The zero-order valence-electron chi connectivity index (χ0n) is 47.6. The zero-order valence-corrected chi connectivity index (χ0v) is 32.6. The molecular formula is C57H34N4O2. The molecule has 0 spiro atoms. The molecule has 0 amide bonds. The van der Waals surface area contributed by atoms with Crippen molar-refractivity contribution in [2.75, 3.05) is 0 Å². The molecule has 13 aromatic rings. The van der Waals surface area contributed by atoms with E-state index in [2.05, 4.69) is 0 Å².